The van der Waals surface area contributed by atoms with E-state index in [1.54, 1.807) is 6.07 Å². The minimum absolute atomic E-state index is 0.0250. The van der Waals surface area contributed by atoms with Crippen LogP contribution in [-0.4, -0.2) is 9.91 Å². The molecule has 0 aliphatic heterocycles. The van der Waals surface area contributed by atoms with Crippen molar-refractivity contribution in [2.45, 2.75) is 11.0 Å². The normalized spacial score (nSPS) is 10.3. The van der Waals surface area contributed by atoms with E-state index in [1.165, 1.54) is 36.4 Å². The Morgan fingerprint density at radius 1 is 1.56 bits per heavy atom. The van der Waals surface area contributed by atoms with Gasteiger partial charge in [0.25, 0.3) is 10.9 Å². The minimum atomic E-state index is -0.445. The Labute approximate surface area is 107 Å². The van der Waals surface area contributed by atoms with Crippen molar-refractivity contribution in [3.05, 3.63) is 46.3 Å². The molecule has 1 aromatic carbocycles. The second-order valence-corrected chi connectivity index (χ2v) is 4.26. The summed E-state index contributed by atoms with van der Waals surface area (Å²) in [6, 6.07) is 4.45. The van der Waals surface area contributed by atoms with E-state index in [-0.39, 0.29) is 5.69 Å². The predicted octanol–water partition coefficient (Wildman–Crippen LogP) is 2.16. The van der Waals surface area contributed by atoms with Crippen molar-refractivity contribution >= 4 is 23.1 Å². The summed E-state index contributed by atoms with van der Waals surface area (Å²) in [4.78, 5) is 14.2. The van der Waals surface area contributed by atoms with Gasteiger partial charge in [-0.15, -0.1) is 0 Å². The third kappa shape index (κ3) is 2.79. The number of hydrazine groups is 1. The van der Waals surface area contributed by atoms with Gasteiger partial charge >= 0.3 is 0 Å². The molecule has 0 aliphatic carbocycles. The number of aromatic nitrogens is 1. The largest absolute Gasteiger partial charge is 0.440 e. The van der Waals surface area contributed by atoms with Crippen LogP contribution in [0.15, 0.2) is 40.3 Å². The number of benzene rings is 1. The van der Waals surface area contributed by atoms with E-state index < -0.39 is 4.92 Å². The molecule has 94 valence electrons. The highest BCUT2D eigenvalue weighted by molar-refractivity contribution is 7.98. The van der Waals surface area contributed by atoms with Crippen molar-refractivity contribution in [3.63, 3.8) is 0 Å². The third-order valence-corrected chi connectivity index (χ3v) is 3.12. The fraction of sp³-hybridized carbons (Fsp3) is 0.100. The molecule has 0 unspecified atom stereocenters. The summed E-state index contributed by atoms with van der Waals surface area (Å²) in [7, 11) is 0. The zero-order chi connectivity index (χ0) is 13.0. The molecule has 7 nitrogen and oxygen atoms in total. The monoisotopic (exact) mass is 266 g/mol. The van der Waals surface area contributed by atoms with Crippen LogP contribution in [0.25, 0.3) is 0 Å². The number of nitro benzene ring substituents is 1. The van der Waals surface area contributed by atoms with Gasteiger partial charge in [-0.25, -0.2) is 4.98 Å². The van der Waals surface area contributed by atoms with Crippen LogP contribution in [0.1, 0.15) is 5.56 Å². The molecule has 0 radical (unpaired) electrons. The summed E-state index contributed by atoms with van der Waals surface area (Å²) < 4.78 is 5.07. The number of nitrogens with one attached hydrogen (secondary N) is 1. The van der Waals surface area contributed by atoms with Gasteiger partial charge < -0.3 is 9.84 Å². The number of nitrogens with zero attached hydrogens (tertiary/aromatic N) is 2. The average Bonchev–Trinajstić information content (AvgIpc) is 2.89. The van der Waals surface area contributed by atoms with E-state index in [0.29, 0.717) is 16.7 Å². The van der Waals surface area contributed by atoms with Gasteiger partial charge in [0.1, 0.15) is 6.26 Å². The van der Waals surface area contributed by atoms with Crippen molar-refractivity contribution in [1.82, 2.24) is 4.98 Å². The molecule has 0 aliphatic rings. The van der Waals surface area contributed by atoms with Crippen molar-refractivity contribution in [2.75, 3.05) is 5.43 Å². The topological polar surface area (TPSA) is 107 Å². The predicted molar refractivity (Wildman–Crippen MR) is 67.0 cm³/mol. The number of rotatable bonds is 5. The number of hydrogen-bond acceptors (Lipinski definition) is 7. The van der Waals surface area contributed by atoms with Crippen molar-refractivity contribution in [3.8, 4) is 0 Å². The summed E-state index contributed by atoms with van der Waals surface area (Å²) in [6.07, 6.45) is 3.01. The molecule has 1 aromatic heterocycles. The highest BCUT2D eigenvalue weighted by atomic mass is 32.2. The molecule has 0 fully saturated rings. The van der Waals surface area contributed by atoms with Gasteiger partial charge in [0.05, 0.1) is 16.8 Å². The van der Waals surface area contributed by atoms with Crippen molar-refractivity contribution in [1.29, 1.82) is 0 Å². The maximum atomic E-state index is 10.7. The molecular weight excluding hydrogens is 256 g/mol. The molecule has 3 N–H and O–H groups in total. The molecule has 1 heterocycles. The Hall–Kier alpha value is -2.06. The fourth-order valence-corrected chi connectivity index (χ4v) is 2.15. The van der Waals surface area contributed by atoms with E-state index in [1.807, 2.05) is 0 Å². The van der Waals surface area contributed by atoms with Crippen LogP contribution in [0.3, 0.4) is 0 Å². The first-order valence-corrected chi connectivity index (χ1v) is 5.95. The van der Waals surface area contributed by atoms with Gasteiger partial charge in [0, 0.05) is 17.9 Å². The van der Waals surface area contributed by atoms with Crippen LogP contribution in [-0.2, 0) is 5.75 Å². The Balaban J connectivity index is 2.18. The number of nitrogen functional groups attached to an aromatic ring is 1. The highest BCUT2D eigenvalue weighted by Gasteiger charge is 2.11. The number of hydrogen-bond donors (Lipinski definition) is 2. The van der Waals surface area contributed by atoms with E-state index in [2.05, 4.69) is 10.4 Å². The second-order valence-electron chi connectivity index (χ2n) is 3.33. The molecule has 0 saturated carbocycles. The molecule has 0 bridgehead atoms. The van der Waals surface area contributed by atoms with Gasteiger partial charge in [-0.2, -0.15) is 0 Å². The smallest absolute Gasteiger partial charge is 0.269 e. The van der Waals surface area contributed by atoms with Crippen molar-refractivity contribution < 1.29 is 9.34 Å². The van der Waals surface area contributed by atoms with Gasteiger partial charge in [-0.3, -0.25) is 16.0 Å². The second kappa shape index (κ2) is 5.52. The Kier molecular flexibility index (Phi) is 3.80. The summed E-state index contributed by atoms with van der Waals surface area (Å²) in [6.45, 7) is 0. The first kappa shape index (κ1) is 12.4. The first-order valence-electron chi connectivity index (χ1n) is 4.97. The standard InChI is InChI=1S/C10H10N4O3S/c11-13-9-2-1-8(14(15)16)5-7(9)6-18-10-12-3-4-17-10/h1-5,13H,6,11H2. The molecule has 18 heavy (non-hydrogen) atoms. The van der Waals surface area contributed by atoms with Crippen molar-refractivity contribution in [2.24, 2.45) is 5.84 Å². The highest BCUT2D eigenvalue weighted by Crippen LogP contribution is 2.28. The van der Waals surface area contributed by atoms with Crippen LogP contribution in [0.2, 0.25) is 0 Å². The average molecular weight is 266 g/mol. The summed E-state index contributed by atoms with van der Waals surface area (Å²) in [5.74, 6) is 5.83. The number of anilines is 1. The molecule has 0 atom stereocenters. The fourth-order valence-electron chi connectivity index (χ4n) is 1.38. The maximum absolute atomic E-state index is 10.7. The molecule has 2 aromatic rings. The van der Waals surface area contributed by atoms with E-state index in [4.69, 9.17) is 10.3 Å². The maximum Gasteiger partial charge on any atom is 0.269 e. The van der Waals surface area contributed by atoms with Gasteiger partial charge in [0.15, 0.2) is 0 Å². The molecule has 8 heteroatoms. The van der Waals surface area contributed by atoms with Crippen LogP contribution in [0, 0.1) is 10.1 Å². The minimum Gasteiger partial charge on any atom is -0.440 e. The lowest BCUT2D eigenvalue weighted by molar-refractivity contribution is -0.384. The zero-order valence-corrected chi connectivity index (χ0v) is 10.0. The lowest BCUT2D eigenvalue weighted by Gasteiger charge is -2.07. The molecule has 0 spiro atoms. The number of thioether (sulfide) groups is 1. The summed E-state index contributed by atoms with van der Waals surface area (Å²) in [5.41, 5.74) is 3.89. The van der Waals surface area contributed by atoms with E-state index in [0.717, 1.165) is 5.56 Å². The van der Waals surface area contributed by atoms with Crippen LogP contribution < -0.4 is 11.3 Å². The number of non-ortho nitro benzene ring substituents is 1. The zero-order valence-electron chi connectivity index (χ0n) is 9.20. The number of nitro groups is 1. The van der Waals surface area contributed by atoms with Crippen LogP contribution in [0.5, 0.6) is 0 Å². The number of nitrogens with two attached hydrogens (primary N) is 1. The Morgan fingerprint density at radius 3 is 3.00 bits per heavy atom. The molecule has 2 rings (SSSR count). The SMILES string of the molecule is NNc1ccc([N+](=O)[O-])cc1CSc1ncco1. The lowest BCUT2D eigenvalue weighted by Crippen LogP contribution is -2.09. The molecular formula is C10H10N4O3S. The quantitative estimate of drug-likeness (QED) is 0.369. The van der Waals surface area contributed by atoms with Gasteiger partial charge in [-0.05, 0) is 11.6 Å². The molecule has 0 saturated heterocycles. The molecule has 0 amide bonds. The van der Waals surface area contributed by atoms with Crippen LogP contribution in [0.4, 0.5) is 11.4 Å². The third-order valence-electron chi connectivity index (χ3n) is 2.22. The van der Waals surface area contributed by atoms with Gasteiger partial charge in [-0.1, -0.05) is 11.8 Å². The van der Waals surface area contributed by atoms with Gasteiger partial charge in [0.2, 0.25) is 0 Å². The first-order chi connectivity index (χ1) is 8.70. The lowest BCUT2D eigenvalue weighted by atomic mass is 10.2. The van der Waals surface area contributed by atoms with Crippen LogP contribution >= 0.6 is 11.8 Å². The summed E-state index contributed by atoms with van der Waals surface area (Å²) >= 11 is 1.33. The Morgan fingerprint density at radius 2 is 2.39 bits per heavy atom. The Bertz CT molecular complexity index is 544. The summed E-state index contributed by atoms with van der Waals surface area (Å²) in [5, 5.41) is 11.2. The van der Waals surface area contributed by atoms with E-state index in [9.17, 15) is 10.1 Å². The van der Waals surface area contributed by atoms with E-state index >= 15 is 0 Å². The number of oxazole rings is 1.